The third-order valence-electron chi connectivity index (χ3n) is 11.6. The fourth-order valence-electron chi connectivity index (χ4n) is 7.88. The van der Waals surface area contributed by atoms with E-state index >= 15 is 0 Å². The van der Waals surface area contributed by atoms with Crippen LogP contribution in [0.5, 0.6) is 11.5 Å². The normalized spacial score (nSPS) is 15.6. The maximum absolute atomic E-state index is 14.3. The number of rotatable bonds is 29. The highest BCUT2D eigenvalue weighted by atomic mass is 127. The minimum Gasteiger partial charge on any atom is -0.508 e. The number of benzene rings is 2. The van der Waals surface area contributed by atoms with Gasteiger partial charge in [-0.3, -0.25) is 48.1 Å². The quantitative estimate of drug-likeness (QED) is 0.0193. The zero-order valence-corrected chi connectivity index (χ0v) is 42.8. The van der Waals surface area contributed by atoms with Crippen molar-refractivity contribution in [2.24, 2.45) is 33.8 Å². The number of hydrogen-bond acceptors (Lipinski definition) is 13. The highest BCUT2D eigenvalue weighted by molar-refractivity contribution is 14.1. The van der Waals surface area contributed by atoms with Gasteiger partial charge in [0.25, 0.3) is 0 Å². The van der Waals surface area contributed by atoms with Crippen LogP contribution in [0, 0.1) is 9.49 Å². The molecule has 0 bridgehead atoms. The molecule has 2 aromatic rings. The molecule has 17 N–H and O–H groups in total. The first kappa shape index (κ1) is 59.5. The van der Waals surface area contributed by atoms with Crippen molar-refractivity contribution in [1.82, 2.24) is 36.8 Å². The first-order valence-corrected chi connectivity index (χ1v) is 24.7. The fourth-order valence-corrected chi connectivity index (χ4v) is 8.46. The van der Waals surface area contributed by atoms with Crippen molar-refractivity contribution in [3.8, 4) is 11.5 Å². The number of phenols is 2. The molecule has 24 nitrogen and oxygen atoms in total. The molecule has 0 aliphatic carbocycles. The SMILES string of the molecule is CC(=O)N1CCC[C@H]1C(=O)N[C@@H](CCCN=C(N)N)C(=O)N[C@@H](CCCCN)C(=O)N[C@@H](CC(C)C)C(=O)N[C@@H](Cc1ccc(O)cc1)C(=O)N[C@@H](CC(=O)O)C(=O)N[C@@H](Cc1ccc(O)c(I)c1)C(N)=O. The van der Waals surface area contributed by atoms with Crippen LogP contribution in [0.3, 0.4) is 0 Å². The molecule has 72 heavy (non-hydrogen) atoms. The number of aromatic hydroxyl groups is 2. The number of nitrogens with zero attached hydrogens (tertiary/aromatic N) is 2. The third kappa shape index (κ3) is 20.2. The summed E-state index contributed by atoms with van der Waals surface area (Å²) in [5, 5.41) is 45.2. The summed E-state index contributed by atoms with van der Waals surface area (Å²) in [7, 11) is 0. The molecule has 396 valence electrons. The molecular formula is C47H69IN12O12. The second kappa shape index (κ2) is 29.5. The largest absolute Gasteiger partial charge is 0.508 e. The molecule has 1 saturated heterocycles. The average molecular weight is 1120 g/mol. The van der Waals surface area contributed by atoms with Crippen LogP contribution < -0.4 is 54.8 Å². The molecule has 2 aromatic carbocycles. The standard InChI is InChI=1S/C47H69IN12O12/c1-25(2)20-34(57-42(68)31(8-4-5-17-49)54-41(67)32(9-6-18-53-47(51)52)55-46(72)37-10-7-19-60(37)26(3)61)43(69)58-35(22-27-11-14-29(62)15-12-27)44(70)59-36(24-39(64)65)45(71)56-33(40(50)66)23-28-13-16-38(63)30(48)21-28/h11-16,21,25,31-37,62-63H,4-10,17-20,22-24,49H2,1-3H3,(H2,50,66)(H,54,67)(H,55,72)(H,56,71)(H,57,68)(H,58,69)(H,59,70)(H,64,65)(H4,51,52,53)/t31-,32-,33-,34-,35-,36-,37-/m0/s1. The number of hydrogen-bond donors (Lipinski definition) is 13. The van der Waals surface area contributed by atoms with Crippen molar-refractivity contribution in [2.75, 3.05) is 19.6 Å². The van der Waals surface area contributed by atoms with Crippen LogP contribution in [0.1, 0.15) is 89.7 Å². The van der Waals surface area contributed by atoms with Crippen LogP contribution in [-0.4, -0.2) is 141 Å². The summed E-state index contributed by atoms with van der Waals surface area (Å²) in [5.74, 6) is -8.37. The fraction of sp³-hybridized carbons (Fsp3) is 0.532. The maximum Gasteiger partial charge on any atom is 0.305 e. The summed E-state index contributed by atoms with van der Waals surface area (Å²) in [6, 6.07) is 0.723. The lowest BCUT2D eigenvalue weighted by Gasteiger charge is -2.29. The Bertz CT molecular complexity index is 2260. The van der Waals surface area contributed by atoms with Gasteiger partial charge in [0.15, 0.2) is 5.96 Å². The van der Waals surface area contributed by atoms with Crippen molar-refractivity contribution in [3.63, 3.8) is 0 Å². The first-order valence-electron chi connectivity index (χ1n) is 23.6. The Labute approximate surface area is 431 Å². The number of likely N-dealkylation sites (tertiary alicyclic amines) is 1. The van der Waals surface area contributed by atoms with Crippen LogP contribution in [0.15, 0.2) is 47.5 Å². The van der Waals surface area contributed by atoms with E-state index in [2.05, 4.69) is 36.9 Å². The van der Waals surface area contributed by atoms with Crippen LogP contribution >= 0.6 is 22.6 Å². The van der Waals surface area contributed by atoms with Gasteiger partial charge in [0, 0.05) is 32.9 Å². The van der Waals surface area contributed by atoms with Crippen molar-refractivity contribution < 1.29 is 58.5 Å². The summed E-state index contributed by atoms with van der Waals surface area (Å²) < 4.78 is 0.449. The van der Waals surface area contributed by atoms with Crippen LogP contribution in [0.25, 0.3) is 0 Å². The smallest absolute Gasteiger partial charge is 0.305 e. The lowest BCUT2D eigenvalue weighted by molar-refractivity contribution is -0.141. The first-order chi connectivity index (χ1) is 34.0. The van der Waals surface area contributed by atoms with E-state index in [1.807, 2.05) is 22.6 Å². The monoisotopic (exact) mass is 1120 g/mol. The van der Waals surface area contributed by atoms with Gasteiger partial charge in [-0.15, -0.1) is 0 Å². The number of nitrogens with two attached hydrogens (primary N) is 4. The Kier molecular flexibility index (Phi) is 24.4. The van der Waals surface area contributed by atoms with E-state index in [0.717, 1.165) is 0 Å². The van der Waals surface area contributed by atoms with E-state index in [1.54, 1.807) is 19.9 Å². The minimum absolute atomic E-state index is 0.0186. The molecule has 0 saturated carbocycles. The summed E-state index contributed by atoms with van der Waals surface area (Å²) in [6.07, 6.45) is 0.794. The van der Waals surface area contributed by atoms with Crippen LogP contribution in [-0.2, 0) is 56.0 Å². The molecule has 1 heterocycles. The van der Waals surface area contributed by atoms with Gasteiger partial charge in [-0.1, -0.05) is 32.0 Å². The molecule has 0 aromatic heterocycles. The number of halogens is 1. The zero-order valence-electron chi connectivity index (χ0n) is 40.7. The van der Waals surface area contributed by atoms with Crippen LogP contribution in [0.4, 0.5) is 0 Å². The van der Waals surface area contributed by atoms with E-state index in [-0.39, 0.29) is 80.9 Å². The molecule has 1 aliphatic heterocycles. The molecule has 3 rings (SSSR count). The number of aliphatic imine (C=N–C) groups is 1. The van der Waals surface area contributed by atoms with Gasteiger partial charge in [-0.2, -0.15) is 0 Å². The highest BCUT2D eigenvalue weighted by Gasteiger charge is 2.37. The van der Waals surface area contributed by atoms with Gasteiger partial charge in [-0.05, 0) is 122 Å². The molecule has 0 spiro atoms. The number of carboxylic acids is 1. The summed E-state index contributed by atoms with van der Waals surface area (Å²) >= 11 is 1.87. The molecule has 8 amide bonds. The Morgan fingerprint density at radius 2 is 1.24 bits per heavy atom. The predicted octanol–water partition coefficient (Wildman–Crippen LogP) is -1.40. The topological polar surface area (TPSA) is 406 Å². The lowest BCUT2D eigenvalue weighted by Crippen LogP contribution is -2.60. The van der Waals surface area contributed by atoms with Crippen molar-refractivity contribution in [2.45, 2.75) is 134 Å². The second-order valence-electron chi connectivity index (χ2n) is 18.0. The van der Waals surface area contributed by atoms with Crippen molar-refractivity contribution in [1.29, 1.82) is 0 Å². The molecule has 7 atom stereocenters. The number of unbranched alkanes of at least 4 members (excludes halogenated alkanes) is 1. The van der Waals surface area contributed by atoms with Crippen LogP contribution in [0.2, 0.25) is 0 Å². The Morgan fingerprint density at radius 3 is 1.82 bits per heavy atom. The van der Waals surface area contributed by atoms with Gasteiger partial charge < -0.3 is 75.1 Å². The number of amides is 8. The number of carboxylic acid groups (broad SMARTS) is 1. The van der Waals surface area contributed by atoms with Gasteiger partial charge in [0.1, 0.15) is 53.8 Å². The van der Waals surface area contributed by atoms with Gasteiger partial charge in [0.2, 0.25) is 47.3 Å². The van der Waals surface area contributed by atoms with E-state index in [1.165, 1.54) is 48.2 Å². The number of aliphatic carboxylic acids is 1. The Morgan fingerprint density at radius 1 is 0.708 bits per heavy atom. The number of carbonyl (C=O) groups is 9. The number of phenolic OH excluding ortho intramolecular Hbond substituents is 2. The molecule has 25 heteroatoms. The molecule has 0 radical (unpaired) electrons. The highest BCUT2D eigenvalue weighted by Crippen LogP contribution is 2.22. The molecular weight excluding hydrogens is 1050 g/mol. The van der Waals surface area contributed by atoms with E-state index in [0.29, 0.717) is 46.9 Å². The molecule has 1 aliphatic rings. The lowest BCUT2D eigenvalue weighted by atomic mass is 9.99. The van der Waals surface area contributed by atoms with Gasteiger partial charge in [0.05, 0.1) is 9.99 Å². The van der Waals surface area contributed by atoms with E-state index in [4.69, 9.17) is 22.9 Å². The van der Waals surface area contributed by atoms with Gasteiger partial charge in [-0.25, -0.2) is 0 Å². The average Bonchev–Trinajstić information content (AvgIpc) is 3.81. The van der Waals surface area contributed by atoms with Crippen molar-refractivity contribution in [3.05, 3.63) is 57.2 Å². The molecule has 0 unspecified atom stereocenters. The second-order valence-corrected chi connectivity index (χ2v) is 19.1. The Hall–Kier alpha value is -6.77. The van der Waals surface area contributed by atoms with Crippen molar-refractivity contribution >= 4 is 81.8 Å². The minimum atomic E-state index is -1.80. The molecule has 1 fully saturated rings. The van der Waals surface area contributed by atoms with Gasteiger partial charge >= 0.3 is 5.97 Å². The van der Waals surface area contributed by atoms with E-state index in [9.17, 15) is 58.5 Å². The number of primary amides is 1. The van der Waals surface area contributed by atoms with E-state index < -0.39 is 96.0 Å². The maximum atomic E-state index is 14.3. The zero-order chi connectivity index (χ0) is 53.7. The Balaban J connectivity index is 1.92. The summed E-state index contributed by atoms with van der Waals surface area (Å²) in [5.41, 5.74) is 23.2. The number of nitrogens with one attached hydrogen (secondary N) is 6. The predicted molar refractivity (Wildman–Crippen MR) is 272 cm³/mol. The third-order valence-corrected chi connectivity index (χ3v) is 12.5. The summed E-state index contributed by atoms with van der Waals surface area (Å²) in [4.78, 5) is 126. The number of guanidine groups is 1. The number of carbonyl (C=O) groups excluding carboxylic acids is 8. The summed E-state index contributed by atoms with van der Waals surface area (Å²) in [6.45, 7) is 5.65.